The van der Waals surface area contributed by atoms with Gasteiger partial charge in [0, 0.05) is 25.2 Å². The van der Waals surface area contributed by atoms with Crippen LogP contribution < -0.4 is 10.1 Å². The van der Waals surface area contributed by atoms with Gasteiger partial charge in [-0.1, -0.05) is 42.5 Å². The molecule has 3 rings (SSSR count). The number of hydrogen-bond donors (Lipinski definition) is 1. The van der Waals surface area contributed by atoms with E-state index in [-0.39, 0.29) is 18.2 Å². The number of carbonyl (C=O) groups excluding carboxylic acids is 1. The average molecular weight is 383 g/mol. The Kier molecular flexibility index (Phi) is 6.25. The first-order chi connectivity index (χ1) is 13.3. The molecule has 0 saturated carbocycles. The maximum atomic E-state index is 12.2. The maximum absolute atomic E-state index is 12.2. The third-order valence-corrected chi connectivity index (χ3v) is 4.85. The van der Waals surface area contributed by atoms with E-state index >= 15 is 0 Å². The molecule has 28 heavy (non-hydrogen) atoms. The van der Waals surface area contributed by atoms with Crippen molar-refractivity contribution >= 4 is 6.09 Å². The number of nitrogens with one attached hydrogen (secondary N) is 1. The van der Waals surface area contributed by atoms with Crippen LogP contribution in [0.15, 0.2) is 54.6 Å². The molecule has 5 heteroatoms. The fourth-order valence-corrected chi connectivity index (χ4v) is 3.64. The summed E-state index contributed by atoms with van der Waals surface area (Å²) in [4.78, 5) is 14.6. The maximum Gasteiger partial charge on any atom is 0.407 e. The number of ether oxygens (including phenoxy) is 2. The first-order valence-electron chi connectivity index (χ1n) is 9.75. The van der Waals surface area contributed by atoms with Crippen molar-refractivity contribution in [2.75, 3.05) is 13.7 Å². The number of hydrogen-bond acceptors (Lipinski definition) is 4. The fourth-order valence-electron chi connectivity index (χ4n) is 3.64. The molecule has 1 aliphatic rings. The third-order valence-electron chi connectivity index (χ3n) is 4.85. The normalized spacial score (nSPS) is 20.0. The van der Waals surface area contributed by atoms with Gasteiger partial charge in [0.2, 0.25) is 0 Å². The molecule has 0 aliphatic carbocycles. The zero-order chi connectivity index (χ0) is 20.1. The van der Waals surface area contributed by atoms with E-state index < -0.39 is 5.60 Å². The second kappa shape index (κ2) is 8.65. The molecule has 0 bridgehead atoms. The van der Waals surface area contributed by atoms with Gasteiger partial charge in [0.15, 0.2) is 0 Å². The Morgan fingerprint density at radius 1 is 1.11 bits per heavy atom. The van der Waals surface area contributed by atoms with Crippen molar-refractivity contribution in [1.29, 1.82) is 0 Å². The van der Waals surface area contributed by atoms with Gasteiger partial charge in [-0.3, -0.25) is 4.90 Å². The van der Waals surface area contributed by atoms with Gasteiger partial charge in [-0.15, -0.1) is 0 Å². The van der Waals surface area contributed by atoms with Crippen LogP contribution in [0.5, 0.6) is 5.75 Å². The van der Waals surface area contributed by atoms with Crippen LogP contribution in [0.3, 0.4) is 0 Å². The van der Waals surface area contributed by atoms with Gasteiger partial charge in [0.1, 0.15) is 11.4 Å². The minimum Gasteiger partial charge on any atom is -0.497 e. The van der Waals surface area contributed by atoms with Crippen LogP contribution in [0, 0.1) is 0 Å². The Hall–Kier alpha value is -2.53. The predicted molar refractivity (Wildman–Crippen MR) is 110 cm³/mol. The highest BCUT2D eigenvalue weighted by Crippen LogP contribution is 2.33. The van der Waals surface area contributed by atoms with Crippen LogP contribution in [0.4, 0.5) is 4.79 Å². The molecule has 0 radical (unpaired) electrons. The number of amides is 1. The number of carbonyl (C=O) groups is 1. The Balaban J connectivity index is 1.72. The molecular weight excluding hydrogens is 352 g/mol. The molecule has 2 atom stereocenters. The van der Waals surface area contributed by atoms with Crippen molar-refractivity contribution in [3.8, 4) is 5.75 Å². The summed E-state index contributed by atoms with van der Waals surface area (Å²) in [7, 11) is 1.67. The van der Waals surface area contributed by atoms with E-state index in [1.54, 1.807) is 7.11 Å². The monoisotopic (exact) mass is 382 g/mol. The molecule has 1 N–H and O–H groups in total. The zero-order valence-electron chi connectivity index (χ0n) is 17.1. The van der Waals surface area contributed by atoms with Gasteiger partial charge in [0.25, 0.3) is 0 Å². The summed E-state index contributed by atoms with van der Waals surface area (Å²) in [5.41, 5.74) is 1.99. The average Bonchev–Trinajstić information content (AvgIpc) is 3.03. The summed E-state index contributed by atoms with van der Waals surface area (Å²) >= 11 is 0. The molecule has 1 aliphatic heterocycles. The van der Waals surface area contributed by atoms with Gasteiger partial charge in [-0.25, -0.2) is 4.79 Å². The summed E-state index contributed by atoms with van der Waals surface area (Å²) in [6.45, 7) is 7.23. The molecule has 150 valence electrons. The van der Waals surface area contributed by atoms with Crippen LogP contribution >= 0.6 is 0 Å². The summed E-state index contributed by atoms with van der Waals surface area (Å²) in [5, 5.41) is 3.05. The Morgan fingerprint density at radius 3 is 2.39 bits per heavy atom. The van der Waals surface area contributed by atoms with Crippen LogP contribution in [-0.4, -0.2) is 36.3 Å². The molecule has 0 aromatic heterocycles. The lowest BCUT2D eigenvalue weighted by molar-refractivity contribution is 0.0505. The smallest absolute Gasteiger partial charge is 0.407 e. The highest BCUT2D eigenvalue weighted by molar-refractivity contribution is 5.68. The topological polar surface area (TPSA) is 50.8 Å². The van der Waals surface area contributed by atoms with E-state index in [0.29, 0.717) is 0 Å². The zero-order valence-corrected chi connectivity index (χ0v) is 17.1. The van der Waals surface area contributed by atoms with E-state index in [9.17, 15) is 4.79 Å². The highest BCUT2D eigenvalue weighted by atomic mass is 16.6. The molecule has 1 saturated heterocycles. The first kappa shape index (κ1) is 20.2. The van der Waals surface area contributed by atoms with Gasteiger partial charge < -0.3 is 14.8 Å². The summed E-state index contributed by atoms with van der Waals surface area (Å²) in [6.07, 6.45) is 0.509. The lowest BCUT2D eigenvalue weighted by Gasteiger charge is -2.24. The standard InChI is InChI=1S/C23H30N2O3/c1-23(2,3)28-22(26)24-19-14-21(18-8-6-5-7-9-18)25(16-19)15-17-10-12-20(27-4)13-11-17/h5-13,19,21H,14-16H2,1-4H3,(H,24,26)/t19-,21-/m1/s1. The van der Waals surface area contributed by atoms with Crippen LogP contribution in [0.25, 0.3) is 0 Å². The number of benzene rings is 2. The molecule has 0 unspecified atom stereocenters. The largest absolute Gasteiger partial charge is 0.497 e. The van der Waals surface area contributed by atoms with E-state index in [1.807, 2.05) is 39.0 Å². The van der Waals surface area contributed by atoms with Crippen molar-refractivity contribution in [2.24, 2.45) is 0 Å². The van der Waals surface area contributed by atoms with Crippen molar-refractivity contribution < 1.29 is 14.3 Å². The number of likely N-dealkylation sites (tertiary alicyclic amines) is 1. The number of nitrogens with zero attached hydrogens (tertiary/aromatic N) is 1. The first-order valence-corrected chi connectivity index (χ1v) is 9.75. The van der Waals surface area contributed by atoms with Crippen molar-refractivity contribution in [1.82, 2.24) is 10.2 Å². The van der Waals surface area contributed by atoms with Crippen molar-refractivity contribution in [3.63, 3.8) is 0 Å². The predicted octanol–water partition coefficient (Wildman–Crippen LogP) is 4.54. The van der Waals surface area contributed by atoms with Gasteiger partial charge >= 0.3 is 6.09 Å². The molecule has 1 fully saturated rings. The van der Waals surface area contributed by atoms with Crippen molar-refractivity contribution in [3.05, 3.63) is 65.7 Å². The summed E-state index contributed by atoms with van der Waals surface area (Å²) in [6, 6.07) is 18.9. The lowest BCUT2D eigenvalue weighted by Crippen LogP contribution is -2.40. The summed E-state index contributed by atoms with van der Waals surface area (Å²) < 4.78 is 10.7. The molecule has 2 aromatic carbocycles. The fraction of sp³-hybridized carbons (Fsp3) is 0.435. The minimum absolute atomic E-state index is 0.0540. The van der Waals surface area contributed by atoms with Crippen LogP contribution in [0.2, 0.25) is 0 Å². The number of methoxy groups -OCH3 is 1. The highest BCUT2D eigenvalue weighted by Gasteiger charge is 2.34. The minimum atomic E-state index is -0.496. The second-order valence-corrected chi connectivity index (χ2v) is 8.28. The molecule has 5 nitrogen and oxygen atoms in total. The SMILES string of the molecule is COc1ccc(CN2C[C@H](NC(=O)OC(C)(C)C)C[C@@H]2c2ccccc2)cc1. The molecule has 0 spiro atoms. The second-order valence-electron chi connectivity index (χ2n) is 8.28. The Labute approximate surface area is 167 Å². The van der Waals surface area contributed by atoms with E-state index in [0.717, 1.165) is 25.3 Å². The molecule has 2 aromatic rings. The molecule has 1 heterocycles. The van der Waals surface area contributed by atoms with E-state index in [1.165, 1.54) is 11.1 Å². The molecule has 1 amide bonds. The van der Waals surface area contributed by atoms with Crippen LogP contribution in [0.1, 0.15) is 44.4 Å². The van der Waals surface area contributed by atoms with Gasteiger partial charge in [-0.2, -0.15) is 0 Å². The summed E-state index contributed by atoms with van der Waals surface area (Å²) in [5.74, 6) is 0.856. The van der Waals surface area contributed by atoms with Gasteiger partial charge in [-0.05, 0) is 50.5 Å². The lowest BCUT2D eigenvalue weighted by atomic mass is 10.0. The van der Waals surface area contributed by atoms with E-state index in [2.05, 4.69) is 46.6 Å². The molecular formula is C23H30N2O3. The van der Waals surface area contributed by atoms with Crippen LogP contribution in [-0.2, 0) is 11.3 Å². The third kappa shape index (κ3) is 5.49. The van der Waals surface area contributed by atoms with Gasteiger partial charge in [0.05, 0.1) is 7.11 Å². The van der Waals surface area contributed by atoms with Crippen molar-refractivity contribution in [2.45, 2.75) is 51.4 Å². The van der Waals surface area contributed by atoms with E-state index in [4.69, 9.17) is 9.47 Å². The quantitative estimate of drug-likeness (QED) is 0.825. The number of alkyl carbamates (subject to hydrolysis) is 1. The number of rotatable bonds is 5. The Bertz CT molecular complexity index is 769. The Morgan fingerprint density at radius 2 is 1.79 bits per heavy atom.